The molecule has 1 N–H and O–H groups in total. The van der Waals surface area contributed by atoms with E-state index < -0.39 is 0 Å². The molecule has 0 aliphatic heterocycles. The number of benzene rings is 1. The second-order valence-corrected chi connectivity index (χ2v) is 5.30. The van der Waals surface area contributed by atoms with Crippen molar-refractivity contribution in [3.05, 3.63) is 59.8 Å². The Morgan fingerprint density at radius 2 is 2.10 bits per heavy atom. The lowest BCUT2D eigenvalue weighted by atomic mass is 10.2. The van der Waals surface area contributed by atoms with Gasteiger partial charge in [0.1, 0.15) is 5.75 Å². The Bertz CT molecular complexity index is 615. The summed E-state index contributed by atoms with van der Waals surface area (Å²) in [5.41, 5.74) is 2.25. The van der Waals surface area contributed by atoms with Crippen LogP contribution in [0, 0.1) is 0 Å². The molecule has 1 fully saturated rings. The molecule has 2 aromatic rings. The van der Waals surface area contributed by atoms with Crippen LogP contribution < -0.4 is 10.1 Å². The van der Waals surface area contributed by atoms with Crippen LogP contribution in [0.15, 0.2) is 48.7 Å². The van der Waals surface area contributed by atoms with Crippen LogP contribution in [0.2, 0.25) is 0 Å². The largest absolute Gasteiger partial charge is 0.438 e. The molecule has 3 nitrogen and oxygen atoms in total. The van der Waals surface area contributed by atoms with Crippen LogP contribution in [0.4, 0.5) is 0 Å². The third-order valence-electron chi connectivity index (χ3n) is 3.45. The van der Waals surface area contributed by atoms with Gasteiger partial charge in [0.05, 0.1) is 0 Å². The van der Waals surface area contributed by atoms with Crippen molar-refractivity contribution in [2.75, 3.05) is 0 Å². The van der Waals surface area contributed by atoms with Crippen molar-refractivity contribution in [2.45, 2.75) is 32.4 Å². The molecule has 21 heavy (non-hydrogen) atoms. The number of para-hydroxylation sites is 1. The van der Waals surface area contributed by atoms with E-state index in [4.69, 9.17) is 4.74 Å². The normalized spacial score (nSPS) is 14.5. The van der Waals surface area contributed by atoms with Crippen molar-refractivity contribution in [3.8, 4) is 11.6 Å². The van der Waals surface area contributed by atoms with Gasteiger partial charge in [0, 0.05) is 30.4 Å². The fourth-order valence-electron chi connectivity index (χ4n) is 2.13. The quantitative estimate of drug-likeness (QED) is 0.862. The number of pyridine rings is 1. The van der Waals surface area contributed by atoms with Crippen LogP contribution in [0.5, 0.6) is 11.6 Å². The fraction of sp³-hybridized carbons (Fsp3) is 0.278. The molecular weight excluding hydrogens is 260 g/mol. The van der Waals surface area contributed by atoms with Crippen LogP contribution in [0.1, 0.15) is 30.9 Å². The first-order chi connectivity index (χ1) is 10.3. The first-order valence-electron chi connectivity index (χ1n) is 7.43. The maximum absolute atomic E-state index is 5.87. The highest BCUT2D eigenvalue weighted by Crippen LogP contribution is 2.25. The first-order valence-corrected chi connectivity index (χ1v) is 7.43. The summed E-state index contributed by atoms with van der Waals surface area (Å²) in [6.45, 7) is 2.88. The fourth-order valence-corrected chi connectivity index (χ4v) is 2.13. The molecule has 0 atom stereocenters. The maximum Gasteiger partial charge on any atom is 0.219 e. The van der Waals surface area contributed by atoms with E-state index in [9.17, 15) is 0 Å². The molecule has 108 valence electrons. The Labute approximate surface area is 125 Å². The third kappa shape index (κ3) is 3.92. The number of hydrogen-bond acceptors (Lipinski definition) is 3. The van der Waals surface area contributed by atoms with Gasteiger partial charge in [0.2, 0.25) is 5.88 Å². The number of rotatable bonds is 6. The van der Waals surface area contributed by atoms with E-state index in [1.165, 1.54) is 18.4 Å². The van der Waals surface area contributed by atoms with E-state index in [1.54, 1.807) is 0 Å². The van der Waals surface area contributed by atoms with Gasteiger partial charge in [-0.3, -0.25) is 0 Å². The van der Waals surface area contributed by atoms with Gasteiger partial charge in [-0.2, -0.15) is 0 Å². The van der Waals surface area contributed by atoms with Crippen LogP contribution in [0.25, 0.3) is 6.08 Å². The van der Waals surface area contributed by atoms with Crippen molar-refractivity contribution >= 4 is 6.08 Å². The molecule has 1 saturated carbocycles. The zero-order valence-electron chi connectivity index (χ0n) is 12.3. The van der Waals surface area contributed by atoms with E-state index in [0.717, 1.165) is 17.9 Å². The van der Waals surface area contributed by atoms with Crippen LogP contribution in [-0.2, 0) is 6.54 Å². The SMILES string of the molecule is CC=Cc1ccccc1Oc1ccc(CNC2CC2)cn1. The minimum Gasteiger partial charge on any atom is -0.438 e. The monoisotopic (exact) mass is 280 g/mol. The molecule has 0 bridgehead atoms. The van der Waals surface area contributed by atoms with Crippen LogP contribution in [-0.4, -0.2) is 11.0 Å². The Kier molecular flexibility index (Phi) is 4.31. The standard InChI is InChI=1S/C18H20N2O/c1-2-5-15-6-3-4-7-17(15)21-18-11-8-14(13-20-18)12-19-16-9-10-16/h2-8,11,13,16,19H,9-10,12H2,1H3. The van der Waals surface area contributed by atoms with Gasteiger partial charge >= 0.3 is 0 Å². The molecule has 0 radical (unpaired) electrons. The van der Waals surface area contributed by atoms with Crippen LogP contribution >= 0.6 is 0 Å². The molecule has 3 heteroatoms. The molecule has 1 aromatic carbocycles. The zero-order valence-corrected chi connectivity index (χ0v) is 12.3. The molecule has 0 amide bonds. The average Bonchev–Trinajstić information content (AvgIpc) is 3.33. The van der Waals surface area contributed by atoms with E-state index in [1.807, 2.05) is 55.6 Å². The van der Waals surface area contributed by atoms with Crippen molar-refractivity contribution in [1.82, 2.24) is 10.3 Å². The Hall–Kier alpha value is -2.13. The smallest absolute Gasteiger partial charge is 0.219 e. The third-order valence-corrected chi connectivity index (χ3v) is 3.45. The van der Waals surface area contributed by atoms with Gasteiger partial charge in [-0.05, 0) is 31.4 Å². The number of ether oxygens (including phenoxy) is 1. The molecule has 0 unspecified atom stereocenters. The maximum atomic E-state index is 5.87. The topological polar surface area (TPSA) is 34.1 Å². The highest BCUT2D eigenvalue weighted by atomic mass is 16.5. The lowest BCUT2D eigenvalue weighted by Gasteiger charge is -2.08. The van der Waals surface area contributed by atoms with Gasteiger partial charge in [-0.25, -0.2) is 4.98 Å². The molecule has 1 heterocycles. The highest BCUT2D eigenvalue weighted by Gasteiger charge is 2.19. The highest BCUT2D eigenvalue weighted by molar-refractivity contribution is 5.57. The molecular formula is C18H20N2O. The lowest BCUT2D eigenvalue weighted by Crippen LogP contribution is -2.15. The first kappa shape index (κ1) is 13.8. The summed E-state index contributed by atoms with van der Waals surface area (Å²) in [7, 11) is 0. The minimum absolute atomic E-state index is 0.627. The molecule has 1 aliphatic carbocycles. The summed E-state index contributed by atoms with van der Waals surface area (Å²) in [6, 6.07) is 12.7. The number of allylic oxidation sites excluding steroid dienone is 1. The summed E-state index contributed by atoms with van der Waals surface area (Å²) in [5.74, 6) is 1.45. The Balaban J connectivity index is 1.66. The number of nitrogens with zero attached hydrogens (tertiary/aromatic N) is 1. The molecule has 0 saturated heterocycles. The second kappa shape index (κ2) is 6.55. The zero-order chi connectivity index (χ0) is 14.5. The second-order valence-electron chi connectivity index (χ2n) is 5.30. The molecule has 1 aromatic heterocycles. The summed E-state index contributed by atoms with van der Waals surface area (Å²) in [4.78, 5) is 4.39. The molecule has 3 rings (SSSR count). The summed E-state index contributed by atoms with van der Waals surface area (Å²) < 4.78 is 5.87. The predicted octanol–water partition coefficient (Wildman–Crippen LogP) is 4.16. The number of aromatic nitrogens is 1. The van der Waals surface area contributed by atoms with E-state index >= 15 is 0 Å². The summed E-state index contributed by atoms with van der Waals surface area (Å²) in [6.07, 6.45) is 8.52. The van der Waals surface area contributed by atoms with Gasteiger partial charge in [0.25, 0.3) is 0 Å². The van der Waals surface area contributed by atoms with Gasteiger partial charge in [-0.15, -0.1) is 0 Å². The van der Waals surface area contributed by atoms with E-state index in [-0.39, 0.29) is 0 Å². The number of nitrogens with one attached hydrogen (secondary N) is 1. The summed E-state index contributed by atoms with van der Waals surface area (Å²) >= 11 is 0. The Morgan fingerprint density at radius 1 is 1.24 bits per heavy atom. The Morgan fingerprint density at radius 3 is 2.81 bits per heavy atom. The minimum atomic E-state index is 0.627. The van der Waals surface area contributed by atoms with Gasteiger partial charge in [-0.1, -0.05) is 36.4 Å². The lowest BCUT2D eigenvalue weighted by molar-refractivity contribution is 0.461. The van der Waals surface area contributed by atoms with E-state index in [0.29, 0.717) is 11.9 Å². The summed E-state index contributed by atoms with van der Waals surface area (Å²) in [5, 5.41) is 3.48. The predicted molar refractivity (Wildman–Crippen MR) is 85.3 cm³/mol. The molecule has 1 aliphatic rings. The molecule has 0 spiro atoms. The van der Waals surface area contributed by atoms with E-state index in [2.05, 4.69) is 16.4 Å². The van der Waals surface area contributed by atoms with Gasteiger partial charge in [0.15, 0.2) is 0 Å². The average molecular weight is 280 g/mol. The van der Waals surface area contributed by atoms with Crippen molar-refractivity contribution in [2.24, 2.45) is 0 Å². The van der Waals surface area contributed by atoms with Crippen molar-refractivity contribution in [3.63, 3.8) is 0 Å². The van der Waals surface area contributed by atoms with Crippen molar-refractivity contribution in [1.29, 1.82) is 0 Å². The van der Waals surface area contributed by atoms with Crippen molar-refractivity contribution < 1.29 is 4.74 Å². The van der Waals surface area contributed by atoms with Gasteiger partial charge < -0.3 is 10.1 Å². The van der Waals surface area contributed by atoms with Crippen LogP contribution in [0.3, 0.4) is 0 Å². The number of hydrogen-bond donors (Lipinski definition) is 1.